The summed E-state index contributed by atoms with van der Waals surface area (Å²) >= 11 is 0. The van der Waals surface area contributed by atoms with Gasteiger partial charge in [0.15, 0.2) is 0 Å². The number of hydrogen-bond donors (Lipinski definition) is 0. The topological polar surface area (TPSA) is 95.9 Å². The van der Waals surface area contributed by atoms with Crippen LogP contribution < -0.4 is 4.90 Å². The molecule has 3 rings (SSSR count). The number of nitrogens with zero attached hydrogens (tertiary/aromatic N) is 5. The molecular weight excluding hydrogens is 350 g/mol. The average molecular weight is 375 g/mol. The molecule has 2 aliphatic rings. The number of carbonyl (C=O) groups is 3. The number of amides is 2. The fraction of sp³-hybridized carbons (Fsp3) is 0.611. The van der Waals surface area contributed by atoms with Crippen LogP contribution in [0, 0.1) is 5.92 Å². The van der Waals surface area contributed by atoms with E-state index in [1.54, 1.807) is 30.3 Å². The predicted octanol–water partition coefficient (Wildman–Crippen LogP) is -0.0731. The van der Waals surface area contributed by atoms with E-state index in [9.17, 15) is 14.4 Å². The van der Waals surface area contributed by atoms with E-state index in [1.165, 1.54) is 4.90 Å². The Morgan fingerprint density at radius 2 is 1.70 bits per heavy atom. The molecule has 1 atom stereocenters. The first kappa shape index (κ1) is 19.1. The molecule has 27 heavy (non-hydrogen) atoms. The van der Waals surface area contributed by atoms with Crippen molar-refractivity contribution in [1.29, 1.82) is 0 Å². The lowest BCUT2D eigenvalue weighted by Gasteiger charge is -2.36. The second-order valence-corrected chi connectivity index (χ2v) is 6.67. The number of aromatic nitrogens is 2. The van der Waals surface area contributed by atoms with Crippen LogP contribution in [0.3, 0.4) is 0 Å². The maximum Gasteiger partial charge on any atom is 0.312 e. The first-order chi connectivity index (χ1) is 13.1. The van der Waals surface area contributed by atoms with Gasteiger partial charge in [-0.15, -0.1) is 0 Å². The van der Waals surface area contributed by atoms with Crippen LogP contribution in [0.25, 0.3) is 0 Å². The number of likely N-dealkylation sites (tertiary alicyclic amines) is 1. The summed E-state index contributed by atoms with van der Waals surface area (Å²) in [6, 6.07) is 1.75. The van der Waals surface area contributed by atoms with Gasteiger partial charge in [-0.05, 0) is 25.8 Å². The molecule has 9 nitrogen and oxygen atoms in total. The van der Waals surface area contributed by atoms with E-state index in [1.807, 2.05) is 4.90 Å². The maximum atomic E-state index is 12.6. The first-order valence-corrected chi connectivity index (χ1v) is 9.37. The van der Waals surface area contributed by atoms with Crippen molar-refractivity contribution >= 4 is 23.7 Å². The highest BCUT2D eigenvalue weighted by Gasteiger charge is 2.34. The van der Waals surface area contributed by atoms with Gasteiger partial charge < -0.3 is 19.4 Å². The van der Waals surface area contributed by atoms with Gasteiger partial charge in [0.1, 0.15) is 0 Å². The lowest BCUT2D eigenvalue weighted by atomic mass is 9.98. The quantitative estimate of drug-likeness (QED) is 0.539. The van der Waals surface area contributed by atoms with Crippen LogP contribution in [0.1, 0.15) is 19.8 Å². The van der Waals surface area contributed by atoms with Crippen LogP contribution in [0.2, 0.25) is 0 Å². The lowest BCUT2D eigenvalue weighted by molar-refractivity contribution is -0.156. The number of anilines is 1. The predicted molar refractivity (Wildman–Crippen MR) is 96.8 cm³/mol. The van der Waals surface area contributed by atoms with Gasteiger partial charge in [0.05, 0.1) is 12.5 Å². The molecule has 0 spiro atoms. The van der Waals surface area contributed by atoms with Crippen molar-refractivity contribution in [2.75, 3.05) is 50.8 Å². The highest BCUT2D eigenvalue weighted by atomic mass is 16.5. The monoisotopic (exact) mass is 375 g/mol. The van der Waals surface area contributed by atoms with Crippen molar-refractivity contribution in [1.82, 2.24) is 19.8 Å². The Kier molecular flexibility index (Phi) is 6.20. The molecule has 2 saturated heterocycles. The molecule has 9 heteroatoms. The summed E-state index contributed by atoms with van der Waals surface area (Å²) in [6.45, 7) is 4.86. The van der Waals surface area contributed by atoms with Gasteiger partial charge in [0.2, 0.25) is 5.95 Å². The molecule has 0 aliphatic carbocycles. The molecule has 2 amide bonds. The number of rotatable bonds is 3. The minimum Gasteiger partial charge on any atom is -0.466 e. The molecule has 1 aromatic heterocycles. The molecule has 3 heterocycles. The van der Waals surface area contributed by atoms with Gasteiger partial charge in [-0.1, -0.05) is 0 Å². The van der Waals surface area contributed by atoms with Crippen molar-refractivity contribution in [3.05, 3.63) is 18.5 Å². The largest absolute Gasteiger partial charge is 0.466 e. The summed E-state index contributed by atoms with van der Waals surface area (Å²) in [7, 11) is 0. The molecule has 1 aromatic rings. The summed E-state index contributed by atoms with van der Waals surface area (Å²) < 4.78 is 5.05. The summed E-state index contributed by atoms with van der Waals surface area (Å²) in [5.41, 5.74) is 0. The van der Waals surface area contributed by atoms with Crippen LogP contribution in [-0.4, -0.2) is 83.4 Å². The van der Waals surface area contributed by atoms with Crippen molar-refractivity contribution < 1.29 is 19.1 Å². The molecule has 146 valence electrons. The van der Waals surface area contributed by atoms with Crippen molar-refractivity contribution in [2.24, 2.45) is 5.92 Å². The average Bonchev–Trinajstić information content (AvgIpc) is 2.73. The van der Waals surface area contributed by atoms with Crippen molar-refractivity contribution in [3.8, 4) is 0 Å². The smallest absolute Gasteiger partial charge is 0.312 e. The number of esters is 1. The Labute approximate surface area is 158 Å². The number of ether oxygens (including phenoxy) is 1. The molecule has 1 unspecified atom stereocenters. The van der Waals surface area contributed by atoms with E-state index < -0.39 is 11.8 Å². The number of piperidine rings is 1. The van der Waals surface area contributed by atoms with Crippen LogP contribution in [0.15, 0.2) is 18.5 Å². The summed E-state index contributed by atoms with van der Waals surface area (Å²) in [6.07, 6.45) is 4.74. The summed E-state index contributed by atoms with van der Waals surface area (Å²) in [5.74, 6) is -1.05. The Hall–Kier alpha value is -2.71. The van der Waals surface area contributed by atoms with E-state index in [2.05, 4.69) is 9.97 Å². The van der Waals surface area contributed by atoms with Crippen LogP contribution in [-0.2, 0) is 19.1 Å². The van der Waals surface area contributed by atoms with Gasteiger partial charge >= 0.3 is 17.8 Å². The number of hydrogen-bond acceptors (Lipinski definition) is 7. The highest BCUT2D eigenvalue weighted by Crippen LogP contribution is 2.19. The van der Waals surface area contributed by atoms with Gasteiger partial charge in [-0.3, -0.25) is 14.4 Å². The van der Waals surface area contributed by atoms with Crippen LogP contribution >= 0.6 is 0 Å². The minimum absolute atomic E-state index is 0.251. The van der Waals surface area contributed by atoms with E-state index >= 15 is 0 Å². The van der Waals surface area contributed by atoms with Crippen molar-refractivity contribution in [3.63, 3.8) is 0 Å². The molecule has 2 fully saturated rings. The maximum absolute atomic E-state index is 12.6. The molecule has 0 radical (unpaired) electrons. The Bertz CT molecular complexity index is 676. The Morgan fingerprint density at radius 1 is 1.04 bits per heavy atom. The minimum atomic E-state index is -0.534. The lowest BCUT2D eigenvalue weighted by Crippen LogP contribution is -2.55. The molecule has 2 aliphatic heterocycles. The van der Waals surface area contributed by atoms with Gasteiger partial charge in [-0.2, -0.15) is 0 Å². The third-order valence-electron chi connectivity index (χ3n) is 4.91. The Morgan fingerprint density at radius 3 is 2.37 bits per heavy atom. The first-order valence-electron chi connectivity index (χ1n) is 9.37. The van der Waals surface area contributed by atoms with Gasteiger partial charge in [0.25, 0.3) is 0 Å². The number of piperazine rings is 1. The zero-order valence-electron chi connectivity index (χ0n) is 15.5. The fourth-order valence-corrected chi connectivity index (χ4v) is 3.45. The van der Waals surface area contributed by atoms with E-state index in [0.29, 0.717) is 58.1 Å². The van der Waals surface area contributed by atoms with E-state index in [4.69, 9.17) is 4.74 Å². The van der Waals surface area contributed by atoms with E-state index in [0.717, 1.165) is 0 Å². The molecule has 0 aromatic carbocycles. The standard InChI is InChI=1S/C18H25N5O4/c1-2-27-17(26)14-5-3-8-23(13-14)16(25)15(24)21-9-11-22(12-10-21)18-19-6-4-7-20-18/h4,6-7,14H,2-3,5,8-13H2,1H3. The molecule has 0 N–H and O–H groups in total. The normalized spacial score (nSPS) is 20.3. The van der Waals surface area contributed by atoms with Crippen LogP contribution in [0.4, 0.5) is 5.95 Å². The van der Waals surface area contributed by atoms with Gasteiger partial charge in [0, 0.05) is 51.7 Å². The summed E-state index contributed by atoms with van der Waals surface area (Å²) in [5, 5.41) is 0. The van der Waals surface area contributed by atoms with Gasteiger partial charge in [-0.25, -0.2) is 9.97 Å². The third-order valence-corrected chi connectivity index (χ3v) is 4.91. The second-order valence-electron chi connectivity index (χ2n) is 6.67. The highest BCUT2D eigenvalue weighted by molar-refractivity contribution is 6.35. The summed E-state index contributed by atoms with van der Waals surface area (Å²) in [4.78, 5) is 50.6. The number of carbonyl (C=O) groups excluding carboxylic acids is 3. The molecular formula is C18H25N5O4. The fourth-order valence-electron chi connectivity index (χ4n) is 3.45. The van der Waals surface area contributed by atoms with Crippen LogP contribution in [0.5, 0.6) is 0 Å². The zero-order chi connectivity index (χ0) is 19.2. The zero-order valence-corrected chi connectivity index (χ0v) is 15.5. The second kappa shape index (κ2) is 8.79. The molecule has 0 saturated carbocycles. The molecule has 0 bridgehead atoms. The SMILES string of the molecule is CCOC(=O)C1CCCN(C(=O)C(=O)N2CCN(c3ncccn3)CC2)C1. The van der Waals surface area contributed by atoms with Crippen molar-refractivity contribution in [2.45, 2.75) is 19.8 Å². The third kappa shape index (κ3) is 4.53. The Balaban J connectivity index is 1.53. The van der Waals surface area contributed by atoms with E-state index in [-0.39, 0.29) is 18.4 Å².